The van der Waals surface area contributed by atoms with Gasteiger partial charge in [-0.1, -0.05) is 0 Å². The van der Waals surface area contributed by atoms with Crippen LogP contribution in [-0.2, 0) is 4.74 Å². The summed E-state index contributed by atoms with van der Waals surface area (Å²) in [4.78, 5) is 4.03. The van der Waals surface area contributed by atoms with Crippen LogP contribution in [0.15, 0.2) is 17.0 Å². The number of aliphatic imine (C=N–C) groups is 1. The highest BCUT2D eigenvalue weighted by Gasteiger charge is 2.31. The van der Waals surface area contributed by atoms with Gasteiger partial charge in [-0.15, -0.1) is 0 Å². The molecule has 3 heteroatoms. The molecule has 0 aromatic carbocycles. The minimum Gasteiger partial charge on any atom is -0.467 e. The molecule has 0 aromatic heterocycles. The van der Waals surface area contributed by atoms with Gasteiger partial charge in [0.2, 0.25) is 0 Å². The normalized spacial score (nSPS) is 26.3. The lowest BCUT2D eigenvalue weighted by atomic mass is 10.1. The van der Waals surface area contributed by atoms with Crippen molar-refractivity contribution in [1.29, 1.82) is 0 Å². The Balaban J connectivity index is 2.92. The molecule has 0 bridgehead atoms. The van der Waals surface area contributed by atoms with Gasteiger partial charge in [0.15, 0.2) is 5.88 Å². The molecule has 56 valence electrons. The maximum Gasteiger partial charge on any atom is 0.187 e. The molecule has 0 saturated heterocycles. The molecule has 1 heterocycles. The standard InChI is InChI=1S/C7H12N2O/c1-7(2)5(9-3)4-6(8)10-7/h4H,8H2,1-3H3. The van der Waals surface area contributed by atoms with Gasteiger partial charge in [-0.05, 0) is 13.8 Å². The first-order valence-corrected chi connectivity index (χ1v) is 3.20. The molecule has 0 saturated carbocycles. The molecule has 0 unspecified atom stereocenters. The average molecular weight is 140 g/mol. The average Bonchev–Trinajstić information content (AvgIpc) is 2.04. The quantitative estimate of drug-likeness (QED) is 0.537. The highest BCUT2D eigenvalue weighted by molar-refractivity contribution is 6.03. The molecule has 10 heavy (non-hydrogen) atoms. The predicted molar refractivity (Wildman–Crippen MR) is 40.8 cm³/mol. The van der Waals surface area contributed by atoms with E-state index < -0.39 is 0 Å². The third kappa shape index (κ3) is 0.988. The molecular weight excluding hydrogens is 128 g/mol. The monoisotopic (exact) mass is 140 g/mol. The Kier molecular flexibility index (Phi) is 1.43. The number of ether oxygens (including phenoxy) is 1. The van der Waals surface area contributed by atoms with Crippen LogP contribution in [0.25, 0.3) is 0 Å². The highest BCUT2D eigenvalue weighted by atomic mass is 16.5. The van der Waals surface area contributed by atoms with Crippen LogP contribution >= 0.6 is 0 Å². The van der Waals surface area contributed by atoms with Gasteiger partial charge in [-0.3, -0.25) is 4.99 Å². The summed E-state index contributed by atoms with van der Waals surface area (Å²) >= 11 is 0. The molecule has 0 amide bonds. The fraction of sp³-hybridized carbons (Fsp3) is 0.571. The highest BCUT2D eigenvalue weighted by Crippen LogP contribution is 2.21. The van der Waals surface area contributed by atoms with E-state index in [1.54, 1.807) is 13.1 Å². The van der Waals surface area contributed by atoms with Gasteiger partial charge in [0.05, 0.1) is 5.71 Å². The molecule has 0 atom stereocenters. The van der Waals surface area contributed by atoms with Crippen molar-refractivity contribution >= 4 is 5.71 Å². The maximum atomic E-state index is 5.43. The first-order chi connectivity index (χ1) is 4.56. The first-order valence-electron chi connectivity index (χ1n) is 3.20. The van der Waals surface area contributed by atoms with Crippen molar-refractivity contribution in [3.63, 3.8) is 0 Å². The zero-order chi connectivity index (χ0) is 7.78. The molecule has 1 aliphatic heterocycles. The Morgan fingerprint density at radius 2 is 2.20 bits per heavy atom. The molecule has 0 fully saturated rings. The van der Waals surface area contributed by atoms with Crippen LogP contribution < -0.4 is 5.73 Å². The van der Waals surface area contributed by atoms with Crippen LogP contribution in [-0.4, -0.2) is 18.4 Å². The Morgan fingerprint density at radius 1 is 1.60 bits per heavy atom. The van der Waals surface area contributed by atoms with E-state index in [0.717, 1.165) is 5.71 Å². The van der Waals surface area contributed by atoms with Gasteiger partial charge in [-0.25, -0.2) is 0 Å². The summed E-state index contributed by atoms with van der Waals surface area (Å²) < 4.78 is 5.26. The zero-order valence-corrected chi connectivity index (χ0v) is 6.51. The van der Waals surface area contributed by atoms with Crippen LogP contribution in [0.4, 0.5) is 0 Å². The van der Waals surface area contributed by atoms with Crippen LogP contribution in [0.1, 0.15) is 13.8 Å². The molecular formula is C7H12N2O. The number of rotatable bonds is 0. The second-order valence-electron chi connectivity index (χ2n) is 2.77. The van der Waals surface area contributed by atoms with Gasteiger partial charge in [0.1, 0.15) is 5.60 Å². The first kappa shape index (κ1) is 7.12. The van der Waals surface area contributed by atoms with Crippen molar-refractivity contribution in [2.24, 2.45) is 10.7 Å². The lowest BCUT2D eigenvalue weighted by Crippen LogP contribution is -2.28. The van der Waals surface area contributed by atoms with Crippen molar-refractivity contribution < 1.29 is 4.74 Å². The topological polar surface area (TPSA) is 47.6 Å². The largest absolute Gasteiger partial charge is 0.467 e. The summed E-state index contributed by atoms with van der Waals surface area (Å²) in [6.45, 7) is 3.87. The summed E-state index contributed by atoms with van der Waals surface area (Å²) in [6.07, 6.45) is 1.75. The van der Waals surface area contributed by atoms with Crippen molar-refractivity contribution in [3.8, 4) is 0 Å². The van der Waals surface area contributed by atoms with Crippen LogP contribution in [0.5, 0.6) is 0 Å². The van der Waals surface area contributed by atoms with E-state index in [4.69, 9.17) is 10.5 Å². The van der Waals surface area contributed by atoms with Crippen molar-refractivity contribution in [2.75, 3.05) is 7.05 Å². The fourth-order valence-electron chi connectivity index (χ4n) is 1.02. The Hall–Kier alpha value is -0.990. The second-order valence-corrected chi connectivity index (χ2v) is 2.77. The summed E-state index contributed by atoms with van der Waals surface area (Å²) in [5.41, 5.74) is 5.99. The van der Waals surface area contributed by atoms with Crippen molar-refractivity contribution in [1.82, 2.24) is 0 Å². The van der Waals surface area contributed by atoms with Gasteiger partial charge in [0, 0.05) is 13.1 Å². The summed E-state index contributed by atoms with van der Waals surface area (Å²) in [5, 5.41) is 0. The molecule has 0 aromatic rings. The van der Waals surface area contributed by atoms with E-state index in [2.05, 4.69) is 4.99 Å². The summed E-state index contributed by atoms with van der Waals surface area (Å²) in [5.74, 6) is 0.450. The number of nitrogens with zero attached hydrogens (tertiary/aromatic N) is 1. The number of nitrogens with two attached hydrogens (primary N) is 1. The van der Waals surface area contributed by atoms with Gasteiger partial charge in [-0.2, -0.15) is 0 Å². The van der Waals surface area contributed by atoms with Crippen molar-refractivity contribution in [2.45, 2.75) is 19.4 Å². The molecule has 3 nitrogen and oxygen atoms in total. The fourth-order valence-corrected chi connectivity index (χ4v) is 1.02. The molecule has 1 aliphatic rings. The summed E-state index contributed by atoms with van der Waals surface area (Å²) in [6, 6.07) is 0. The van der Waals surface area contributed by atoms with Crippen LogP contribution in [0.2, 0.25) is 0 Å². The number of hydrogen-bond donors (Lipinski definition) is 1. The third-order valence-electron chi connectivity index (χ3n) is 1.51. The zero-order valence-electron chi connectivity index (χ0n) is 6.51. The molecule has 2 N–H and O–H groups in total. The Bertz CT molecular complexity index is 204. The van der Waals surface area contributed by atoms with Gasteiger partial charge < -0.3 is 10.5 Å². The SMILES string of the molecule is CN=C1C=C(N)OC1(C)C. The third-order valence-corrected chi connectivity index (χ3v) is 1.51. The van der Waals surface area contributed by atoms with E-state index in [-0.39, 0.29) is 5.60 Å². The van der Waals surface area contributed by atoms with Gasteiger partial charge >= 0.3 is 0 Å². The Labute approximate surface area is 60.6 Å². The van der Waals surface area contributed by atoms with Crippen LogP contribution in [0, 0.1) is 0 Å². The maximum absolute atomic E-state index is 5.43. The van der Waals surface area contributed by atoms with Crippen molar-refractivity contribution in [3.05, 3.63) is 12.0 Å². The molecule has 1 rings (SSSR count). The minimum absolute atomic E-state index is 0.334. The van der Waals surface area contributed by atoms with E-state index in [9.17, 15) is 0 Å². The molecule has 0 radical (unpaired) electrons. The van der Waals surface area contributed by atoms with Crippen LogP contribution in [0.3, 0.4) is 0 Å². The van der Waals surface area contributed by atoms with E-state index in [0.29, 0.717) is 5.88 Å². The molecule has 0 spiro atoms. The van der Waals surface area contributed by atoms with Gasteiger partial charge in [0.25, 0.3) is 0 Å². The Morgan fingerprint density at radius 3 is 2.40 bits per heavy atom. The lowest BCUT2D eigenvalue weighted by Gasteiger charge is -2.18. The smallest absolute Gasteiger partial charge is 0.187 e. The number of hydrogen-bond acceptors (Lipinski definition) is 3. The van der Waals surface area contributed by atoms with E-state index in [1.165, 1.54) is 0 Å². The lowest BCUT2D eigenvalue weighted by molar-refractivity contribution is 0.108. The van der Waals surface area contributed by atoms with E-state index in [1.807, 2.05) is 13.8 Å². The minimum atomic E-state index is -0.334. The molecule has 0 aliphatic carbocycles. The second kappa shape index (κ2) is 2.01. The van der Waals surface area contributed by atoms with E-state index >= 15 is 0 Å². The predicted octanol–water partition coefficient (Wildman–Crippen LogP) is 0.666. The summed E-state index contributed by atoms with van der Waals surface area (Å²) in [7, 11) is 1.73.